The van der Waals surface area contributed by atoms with Gasteiger partial charge in [-0.3, -0.25) is 4.79 Å². The standard InChI is InChI=1S/C9H12ClN3O3/c1-16-5-6(4-14)11-9(15)7-2-3-8(10)13-12-7/h2-3,6,14H,4-5H2,1H3,(H,11,15). The van der Waals surface area contributed by atoms with Crippen molar-refractivity contribution in [3.63, 3.8) is 0 Å². The molecule has 7 heteroatoms. The Bertz CT molecular complexity index is 344. The minimum atomic E-state index is -0.463. The van der Waals surface area contributed by atoms with E-state index in [9.17, 15) is 4.79 Å². The molecule has 1 aromatic rings. The number of hydrogen-bond donors (Lipinski definition) is 2. The molecule has 0 bridgehead atoms. The molecule has 1 rings (SSSR count). The van der Waals surface area contributed by atoms with E-state index in [1.54, 1.807) is 0 Å². The molecule has 1 aromatic heterocycles. The summed E-state index contributed by atoms with van der Waals surface area (Å²) in [6.45, 7) is 0.0177. The van der Waals surface area contributed by atoms with Gasteiger partial charge in [-0.05, 0) is 12.1 Å². The Labute approximate surface area is 97.6 Å². The van der Waals surface area contributed by atoms with Crippen molar-refractivity contribution in [3.8, 4) is 0 Å². The Morgan fingerprint density at radius 2 is 2.38 bits per heavy atom. The van der Waals surface area contributed by atoms with Crippen LogP contribution in [0.1, 0.15) is 10.5 Å². The number of nitrogens with one attached hydrogen (secondary N) is 1. The van der Waals surface area contributed by atoms with Crippen molar-refractivity contribution in [2.75, 3.05) is 20.3 Å². The van der Waals surface area contributed by atoms with Crippen LogP contribution < -0.4 is 5.32 Å². The Kier molecular flexibility index (Phi) is 5.10. The van der Waals surface area contributed by atoms with Gasteiger partial charge in [-0.15, -0.1) is 10.2 Å². The maximum atomic E-state index is 11.6. The molecule has 0 radical (unpaired) electrons. The fraction of sp³-hybridized carbons (Fsp3) is 0.444. The summed E-state index contributed by atoms with van der Waals surface area (Å²) >= 11 is 5.53. The Hall–Kier alpha value is -1.24. The normalized spacial score (nSPS) is 12.2. The van der Waals surface area contributed by atoms with Crippen LogP contribution in [0.15, 0.2) is 12.1 Å². The van der Waals surface area contributed by atoms with E-state index in [0.717, 1.165) is 0 Å². The third-order valence-corrected chi connectivity index (χ3v) is 1.99. The lowest BCUT2D eigenvalue weighted by atomic mass is 10.3. The molecule has 1 amide bonds. The average Bonchev–Trinajstić information content (AvgIpc) is 2.29. The summed E-state index contributed by atoms with van der Waals surface area (Å²) in [5.41, 5.74) is 0.138. The summed E-state index contributed by atoms with van der Waals surface area (Å²) in [6.07, 6.45) is 0. The largest absolute Gasteiger partial charge is 0.394 e. The highest BCUT2D eigenvalue weighted by molar-refractivity contribution is 6.29. The van der Waals surface area contributed by atoms with Crippen molar-refractivity contribution in [2.24, 2.45) is 0 Å². The van der Waals surface area contributed by atoms with Gasteiger partial charge in [0.1, 0.15) is 0 Å². The first-order chi connectivity index (χ1) is 7.67. The van der Waals surface area contributed by atoms with Gasteiger partial charge in [-0.25, -0.2) is 0 Å². The van der Waals surface area contributed by atoms with Gasteiger partial charge in [0.2, 0.25) is 0 Å². The number of ether oxygens (including phenoxy) is 1. The van der Waals surface area contributed by atoms with E-state index in [4.69, 9.17) is 21.4 Å². The maximum Gasteiger partial charge on any atom is 0.272 e. The first kappa shape index (κ1) is 12.8. The molecule has 88 valence electrons. The predicted octanol–water partition coefficient (Wildman–Crippen LogP) is -0.133. The molecule has 1 heterocycles. The van der Waals surface area contributed by atoms with Gasteiger partial charge < -0.3 is 15.2 Å². The van der Waals surface area contributed by atoms with E-state index in [0.29, 0.717) is 0 Å². The maximum absolute atomic E-state index is 11.6. The molecule has 0 spiro atoms. The molecule has 0 saturated heterocycles. The number of nitrogens with zero attached hydrogens (tertiary/aromatic N) is 2. The second kappa shape index (κ2) is 6.37. The summed E-state index contributed by atoms with van der Waals surface area (Å²) in [7, 11) is 1.48. The van der Waals surface area contributed by atoms with E-state index in [-0.39, 0.29) is 24.1 Å². The topological polar surface area (TPSA) is 84.3 Å². The van der Waals surface area contributed by atoms with Crippen LogP contribution >= 0.6 is 11.6 Å². The minimum Gasteiger partial charge on any atom is -0.394 e. The number of amides is 1. The lowest BCUT2D eigenvalue weighted by molar-refractivity contribution is 0.0834. The third-order valence-electron chi connectivity index (χ3n) is 1.79. The molecule has 0 aliphatic heterocycles. The Morgan fingerprint density at radius 1 is 1.62 bits per heavy atom. The summed E-state index contributed by atoms with van der Waals surface area (Å²) in [5.74, 6) is -0.430. The van der Waals surface area contributed by atoms with Crippen LogP contribution in [0, 0.1) is 0 Å². The molecule has 0 aliphatic rings. The molecule has 16 heavy (non-hydrogen) atoms. The second-order valence-corrected chi connectivity index (χ2v) is 3.44. The van der Waals surface area contributed by atoms with Crippen molar-refractivity contribution in [1.29, 1.82) is 0 Å². The quantitative estimate of drug-likeness (QED) is 0.755. The third kappa shape index (κ3) is 3.73. The summed E-state index contributed by atoms with van der Waals surface area (Å²) < 4.78 is 4.82. The van der Waals surface area contributed by atoms with Crippen molar-refractivity contribution in [1.82, 2.24) is 15.5 Å². The van der Waals surface area contributed by atoms with Crippen LogP contribution in [-0.2, 0) is 4.74 Å². The molecule has 1 unspecified atom stereocenters. The van der Waals surface area contributed by atoms with Crippen LogP contribution in [0.5, 0.6) is 0 Å². The van der Waals surface area contributed by atoms with Crippen molar-refractivity contribution in [3.05, 3.63) is 23.0 Å². The predicted molar refractivity (Wildman–Crippen MR) is 57.3 cm³/mol. The van der Waals surface area contributed by atoms with Crippen molar-refractivity contribution in [2.45, 2.75) is 6.04 Å². The van der Waals surface area contributed by atoms with Gasteiger partial charge >= 0.3 is 0 Å². The van der Waals surface area contributed by atoms with Gasteiger partial charge in [0.15, 0.2) is 10.8 Å². The molecule has 1 atom stereocenters. The fourth-order valence-corrected chi connectivity index (χ4v) is 1.14. The molecular weight excluding hydrogens is 234 g/mol. The van der Waals surface area contributed by atoms with Gasteiger partial charge in [0.05, 0.1) is 19.3 Å². The van der Waals surface area contributed by atoms with Gasteiger partial charge in [-0.2, -0.15) is 0 Å². The van der Waals surface area contributed by atoms with Gasteiger partial charge in [-0.1, -0.05) is 11.6 Å². The molecule has 0 saturated carbocycles. The Balaban J connectivity index is 2.60. The average molecular weight is 246 g/mol. The summed E-state index contributed by atoms with van der Waals surface area (Å²) in [6, 6.07) is 2.45. The zero-order valence-corrected chi connectivity index (χ0v) is 9.44. The molecule has 0 aliphatic carbocycles. The SMILES string of the molecule is COCC(CO)NC(=O)c1ccc(Cl)nn1. The minimum absolute atomic E-state index is 0.138. The molecule has 0 aromatic carbocycles. The molecule has 0 fully saturated rings. The van der Waals surface area contributed by atoms with E-state index in [2.05, 4.69) is 15.5 Å². The van der Waals surface area contributed by atoms with Crippen LogP contribution in [0.3, 0.4) is 0 Å². The highest BCUT2D eigenvalue weighted by atomic mass is 35.5. The van der Waals surface area contributed by atoms with Crippen LogP contribution in [-0.4, -0.2) is 47.6 Å². The van der Waals surface area contributed by atoms with E-state index < -0.39 is 11.9 Å². The summed E-state index contributed by atoms with van der Waals surface area (Å²) in [5, 5.41) is 18.9. The molecular formula is C9H12ClN3O3. The van der Waals surface area contributed by atoms with E-state index in [1.807, 2.05) is 0 Å². The van der Waals surface area contributed by atoms with Gasteiger partial charge in [0.25, 0.3) is 5.91 Å². The zero-order chi connectivity index (χ0) is 12.0. The number of hydrogen-bond acceptors (Lipinski definition) is 5. The second-order valence-electron chi connectivity index (χ2n) is 3.05. The number of carbonyl (C=O) groups excluding carboxylic acids is 1. The number of aliphatic hydroxyl groups excluding tert-OH is 1. The fourth-order valence-electron chi connectivity index (χ4n) is 1.04. The van der Waals surface area contributed by atoms with E-state index in [1.165, 1.54) is 19.2 Å². The lowest BCUT2D eigenvalue weighted by Gasteiger charge is -2.14. The number of halogens is 1. The first-order valence-electron chi connectivity index (χ1n) is 4.57. The van der Waals surface area contributed by atoms with E-state index >= 15 is 0 Å². The van der Waals surface area contributed by atoms with Crippen LogP contribution in [0.25, 0.3) is 0 Å². The summed E-state index contributed by atoms with van der Waals surface area (Å²) in [4.78, 5) is 11.6. The monoisotopic (exact) mass is 245 g/mol. The first-order valence-corrected chi connectivity index (χ1v) is 4.95. The highest BCUT2D eigenvalue weighted by Gasteiger charge is 2.13. The number of methoxy groups -OCH3 is 1. The van der Waals surface area contributed by atoms with Crippen molar-refractivity contribution < 1.29 is 14.6 Å². The van der Waals surface area contributed by atoms with Crippen molar-refractivity contribution >= 4 is 17.5 Å². The zero-order valence-electron chi connectivity index (χ0n) is 8.68. The lowest BCUT2D eigenvalue weighted by Crippen LogP contribution is -2.41. The van der Waals surface area contributed by atoms with Crippen LogP contribution in [0.2, 0.25) is 5.15 Å². The highest BCUT2D eigenvalue weighted by Crippen LogP contribution is 2.02. The number of aromatic nitrogens is 2. The number of rotatable bonds is 5. The Morgan fingerprint density at radius 3 is 2.88 bits per heavy atom. The number of aliphatic hydroxyl groups is 1. The van der Waals surface area contributed by atoms with Gasteiger partial charge in [0, 0.05) is 7.11 Å². The van der Waals surface area contributed by atoms with Crippen LogP contribution in [0.4, 0.5) is 0 Å². The molecule has 2 N–H and O–H groups in total. The number of carbonyl (C=O) groups is 1. The smallest absolute Gasteiger partial charge is 0.272 e. The molecule has 6 nitrogen and oxygen atoms in total.